The van der Waals surface area contributed by atoms with E-state index in [0.29, 0.717) is 0 Å². The van der Waals surface area contributed by atoms with Gasteiger partial charge in [-0.05, 0) is 11.6 Å². The highest BCUT2D eigenvalue weighted by Crippen LogP contribution is 1.88. The van der Waals surface area contributed by atoms with Gasteiger partial charge >= 0.3 is 5.37 Å². The predicted octanol–water partition coefficient (Wildman–Crippen LogP) is 1.48. The Hall–Kier alpha value is -0.800. The summed E-state index contributed by atoms with van der Waals surface area (Å²) in [6, 6.07) is 2.53. The number of rotatable bonds is 0. The van der Waals surface area contributed by atoms with Crippen molar-refractivity contribution in [1.29, 1.82) is 0 Å². The third kappa shape index (κ3) is 2.74. The van der Waals surface area contributed by atoms with Crippen LogP contribution in [0.1, 0.15) is 0 Å². The molecule has 0 unspecified atom stereocenters. The van der Waals surface area contributed by atoms with Crippen LogP contribution in [0.5, 0.6) is 0 Å². The van der Waals surface area contributed by atoms with E-state index in [9.17, 15) is 9.59 Å². The van der Waals surface area contributed by atoms with Crippen LogP contribution in [-0.2, 0) is 0 Å². The number of nitrogens with zero attached hydrogens (tertiary/aromatic N) is 1. The van der Waals surface area contributed by atoms with E-state index < -0.39 is 5.37 Å². The van der Waals surface area contributed by atoms with Gasteiger partial charge in [-0.15, -0.1) is 12.4 Å². The molecule has 0 radical (unpaired) electrons. The molecule has 0 atom stereocenters. The summed E-state index contributed by atoms with van der Waals surface area (Å²) in [7, 11) is 0. The number of carbonyl (C=O) groups is 1. The number of hydrogen-bond donors (Lipinski definition) is 0. The average molecular weight is 194 g/mol. The van der Waals surface area contributed by atoms with Crippen molar-refractivity contribution in [1.82, 2.24) is 4.57 Å². The van der Waals surface area contributed by atoms with Gasteiger partial charge in [-0.1, -0.05) is 0 Å². The van der Waals surface area contributed by atoms with Crippen LogP contribution in [0.4, 0.5) is 4.79 Å². The number of halogens is 2. The largest absolute Gasteiger partial charge is 0.324 e. The number of pyridine rings is 1. The predicted molar refractivity (Wildman–Crippen MR) is 44.6 cm³/mol. The Labute approximate surface area is 74.0 Å². The van der Waals surface area contributed by atoms with Crippen molar-refractivity contribution in [3.8, 4) is 0 Å². The lowest BCUT2D eigenvalue weighted by Crippen LogP contribution is -2.05. The second-order valence-electron chi connectivity index (χ2n) is 1.69. The Morgan fingerprint density at radius 2 is 1.82 bits per heavy atom. The minimum Gasteiger partial charge on any atom is -0.290 e. The molecule has 5 heteroatoms. The van der Waals surface area contributed by atoms with Gasteiger partial charge in [0.25, 0.3) is 0 Å². The lowest BCUT2D eigenvalue weighted by atomic mass is 10.5. The molecular weight excluding hydrogens is 189 g/mol. The van der Waals surface area contributed by atoms with Crippen molar-refractivity contribution in [3.05, 3.63) is 34.7 Å². The maximum atomic E-state index is 10.5. The summed E-state index contributed by atoms with van der Waals surface area (Å²) in [5.41, 5.74) is -0.144. The molecule has 0 amide bonds. The molecule has 1 aromatic rings. The van der Waals surface area contributed by atoms with Gasteiger partial charge in [0.1, 0.15) is 0 Å². The van der Waals surface area contributed by atoms with E-state index in [1.165, 1.54) is 24.5 Å². The van der Waals surface area contributed by atoms with Crippen LogP contribution < -0.4 is 5.43 Å². The normalized spacial score (nSPS) is 8.45. The highest BCUT2D eigenvalue weighted by molar-refractivity contribution is 6.63. The molecule has 1 aromatic heterocycles. The molecule has 0 N–H and O–H groups in total. The Kier molecular flexibility index (Phi) is 3.85. The Balaban J connectivity index is 0.000001000. The maximum Gasteiger partial charge on any atom is 0.324 e. The summed E-state index contributed by atoms with van der Waals surface area (Å²) in [6.45, 7) is 0. The van der Waals surface area contributed by atoms with E-state index in [-0.39, 0.29) is 17.8 Å². The summed E-state index contributed by atoms with van der Waals surface area (Å²) >= 11 is 5.08. The second-order valence-corrected chi connectivity index (χ2v) is 2.02. The highest BCUT2D eigenvalue weighted by atomic mass is 35.5. The molecule has 0 bridgehead atoms. The first-order chi connectivity index (χ1) is 4.70. The van der Waals surface area contributed by atoms with Crippen LogP contribution in [0.2, 0.25) is 0 Å². The second kappa shape index (κ2) is 4.16. The van der Waals surface area contributed by atoms with Crippen LogP contribution in [0.15, 0.2) is 29.3 Å². The quantitative estimate of drug-likeness (QED) is 0.586. The van der Waals surface area contributed by atoms with Crippen molar-refractivity contribution in [2.24, 2.45) is 0 Å². The summed E-state index contributed by atoms with van der Waals surface area (Å²) < 4.78 is 1.11. The minimum atomic E-state index is -0.625. The van der Waals surface area contributed by atoms with E-state index in [0.717, 1.165) is 4.57 Å². The smallest absolute Gasteiger partial charge is 0.290 e. The molecule has 1 heterocycles. The lowest BCUT2D eigenvalue weighted by Gasteiger charge is -1.93. The molecule has 0 saturated heterocycles. The average Bonchev–Trinajstić information content (AvgIpc) is 1.88. The molecule has 3 nitrogen and oxygen atoms in total. The first-order valence-electron chi connectivity index (χ1n) is 2.58. The van der Waals surface area contributed by atoms with Gasteiger partial charge in [-0.25, -0.2) is 0 Å². The number of aromatic nitrogens is 1. The Morgan fingerprint density at radius 3 is 2.18 bits per heavy atom. The van der Waals surface area contributed by atoms with Crippen LogP contribution in [0, 0.1) is 0 Å². The standard InChI is InChI=1S/C6H4ClNO2.ClH/c7-6(10)8-3-1-5(9)2-4-8;/h1-4H;1H. The van der Waals surface area contributed by atoms with Gasteiger partial charge in [0.2, 0.25) is 0 Å². The van der Waals surface area contributed by atoms with Gasteiger partial charge in [-0.3, -0.25) is 14.2 Å². The molecular formula is C6H5Cl2NO2. The number of hydrogen-bond acceptors (Lipinski definition) is 2. The van der Waals surface area contributed by atoms with Crippen LogP contribution in [-0.4, -0.2) is 9.93 Å². The summed E-state index contributed by atoms with van der Waals surface area (Å²) in [5.74, 6) is 0. The van der Waals surface area contributed by atoms with Gasteiger partial charge in [0, 0.05) is 24.5 Å². The fraction of sp³-hybridized carbons (Fsp3) is 0. The molecule has 0 aliphatic heterocycles. The van der Waals surface area contributed by atoms with E-state index in [1.54, 1.807) is 0 Å². The van der Waals surface area contributed by atoms with E-state index in [4.69, 9.17) is 11.6 Å². The highest BCUT2D eigenvalue weighted by Gasteiger charge is 1.93. The zero-order valence-electron chi connectivity index (χ0n) is 5.36. The van der Waals surface area contributed by atoms with E-state index in [1.807, 2.05) is 0 Å². The van der Waals surface area contributed by atoms with E-state index >= 15 is 0 Å². The molecule has 0 aromatic carbocycles. The van der Waals surface area contributed by atoms with Crippen molar-refractivity contribution < 1.29 is 4.79 Å². The monoisotopic (exact) mass is 193 g/mol. The zero-order chi connectivity index (χ0) is 7.56. The molecule has 0 aliphatic rings. The summed E-state index contributed by atoms with van der Waals surface area (Å²) in [4.78, 5) is 20.9. The fourth-order valence-electron chi connectivity index (χ4n) is 0.530. The van der Waals surface area contributed by atoms with Crippen LogP contribution in [0.3, 0.4) is 0 Å². The third-order valence-electron chi connectivity index (χ3n) is 1.00. The van der Waals surface area contributed by atoms with Crippen molar-refractivity contribution in [2.75, 3.05) is 0 Å². The van der Waals surface area contributed by atoms with Crippen LogP contribution >= 0.6 is 24.0 Å². The molecule has 60 valence electrons. The first kappa shape index (κ1) is 10.2. The molecule has 0 aliphatic carbocycles. The van der Waals surface area contributed by atoms with Gasteiger partial charge in [0.05, 0.1) is 0 Å². The van der Waals surface area contributed by atoms with Crippen LogP contribution in [0.25, 0.3) is 0 Å². The fourth-order valence-corrected chi connectivity index (χ4v) is 0.643. The lowest BCUT2D eigenvalue weighted by molar-refractivity contribution is 0.261. The Bertz CT molecular complexity index is 287. The summed E-state index contributed by atoms with van der Waals surface area (Å²) in [6.07, 6.45) is 2.63. The molecule has 0 fully saturated rings. The van der Waals surface area contributed by atoms with Crippen molar-refractivity contribution in [3.63, 3.8) is 0 Å². The van der Waals surface area contributed by atoms with Crippen molar-refractivity contribution >= 4 is 29.4 Å². The van der Waals surface area contributed by atoms with Gasteiger partial charge in [0.15, 0.2) is 5.43 Å². The minimum absolute atomic E-state index is 0. The first-order valence-corrected chi connectivity index (χ1v) is 2.96. The zero-order valence-corrected chi connectivity index (χ0v) is 6.93. The maximum absolute atomic E-state index is 10.5. The van der Waals surface area contributed by atoms with E-state index in [2.05, 4.69) is 0 Å². The third-order valence-corrected chi connectivity index (χ3v) is 1.20. The molecule has 0 saturated carbocycles. The Morgan fingerprint density at radius 1 is 1.36 bits per heavy atom. The SMILES string of the molecule is Cl.O=C(Cl)n1ccc(=O)cc1. The molecule has 1 rings (SSSR count). The summed E-state index contributed by atoms with van der Waals surface area (Å²) in [5, 5.41) is -0.625. The van der Waals surface area contributed by atoms with Crippen molar-refractivity contribution in [2.45, 2.75) is 0 Å². The van der Waals surface area contributed by atoms with Gasteiger partial charge < -0.3 is 0 Å². The number of carbonyl (C=O) groups excluding carboxylic acids is 1. The molecule has 0 spiro atoms. The topological polar surface area (TPSA) is 39.1 Å². The molecule has 11 heavy (non-hydrogen) atoms. The van der Waals surface area contributed by atoms with Gasteiger partial charge in [-0.2, -0.15) is 0 Å².